The maximum absolute atomic E-state index is 12.7. The number of sulfonamides is 1. The third-order valence-corrected chi connectivity index (χ3v) is 5.99. The van der Waals surface area contributed by atoms with E-state index in [4.69, 9.17) is 16.1 Å². The first-order chi connectivity index (χ1) is 8.98. The lowest BCUT2D eigenvalue weighted by Gasteiger charge is -2.23. The molecular formula is C12H19ClN2O3S. The highest BCUT2D eigenvalue weighted by Gasteiger charge is 2.38. The van der Waals surface area contributed by atoms with Crippen LogP contribution in [0.25, 0.3) is 0 Å². The molecule has 1 unspecified atom stereocenters. The number of aryl methyl sites for hydroxylation is 2. The Bertz CT molecular complexity index is 522. The van der Waals surface area contributed by atoms with Gasteiger partial charge in [-0.2, -0.15) is 4.31 Å². The molecule has 1 atom stereocenters. The topological polar surface area (TPSA) is 63.4 Å². The average molecular weight is 307 g/mol. The van der Waals surface area contributed by atoms with Crippen molar-refractivity contribution >= 4 is 21.6 Å². The van der Waals surface area contributed by atoms with Gasteiger partial charge < -0.3 is 4.52 Å². The van der Waals surface area contributed by atoms with Crippen molar-refractivity contribution in [1.29, 1.82) is 0 Å². The van der Waals surface area contributed by atoms with E-state index in [0.29, 0.717) is 23.9 Å². The number of hydrogen-bond donors (Lipinski definition) is 0. The maximum Gasteiger partial charge on any atom is 0.248 e. The van der Waals surface area contributed by atoms with Crippen LogP contribution in [0.4, 0.5) is 0 Å². The van der Waals surface area contributed by atoms with Gasteiger partial charge in [-0.25, -0.2) is 8.42 Å². The van der Waals surface area contributed by atoms with Gasteiger partial charge in [0, 0.05) is 18.5 Å². The molecule has 1 aliphatic rings. The summed E-state index contributed by atoms with van der Waals surface area (Å²) in [5, 5.41) is 3.74. The summed E-state index contributed by atoms with van der Waals surface area (Å²) in [4.78, 5) is 0.227. The fourth-order valence-electron chi connectivity index (χ4n) is 2.69. The van der Waals surface area contributed by atoms with E-state index in [9.17, 15) is 8.42 Å². The van der Waals surface area contributed by atoms with Gasteiger partial charge in [-0.1, -0.05) is 5.16 Å². The summed E-state index contributed by atoms with van der Waals surface area (Å²) in [6.45, 7) is 3.86. The Morgan fingerprint density at radius 3 is 2.79 bits per heavy atom. The average Bonchev–Trinajstić information content (AvgIpc) is 2.94. The highest BCUT2D eigenvalue weighted by Crippen LogP contribution is 2.31. The minimum absolute atomic E-state index is 0.0532. The summed E-state index contributed by atoms with van der Waals surface area (Å²) < 4.78 is 32.0. The van der Waals surface area contributed by atoms with E-state index >= 15 is 0 Å². The van der Waals surface area contributed by atoms with Crippen LogP contribution in [0.3, 0.4) is 0 Å². The van der Waals surface area contributed by atoms with E-state index in [1.54, 1.807) is 18.2 Å². The molecule has 0 amide bonds. The lowest BCUT2D eigenvalue weighted by atomic mass is 10.1. The molecule has 2 heterocycles. The minimum atomic E-state index is -3.50. The van der Waals surface area contributed by atoms with Gasteiger partial charge in [-0.05, 0) is 39.5 Å². The third-order valence-electron chi connectivity index (χ3n) is 3.53. The number of hydrogen-bond acceptors (Lipinski definition) is 4. The molecular weight excluding hydrogens is 288 g/mol. The van der Waals surface area contributed by atoms with E-state index in [1.165, 1.54) is 0 Å². The quantitative estimate of drug-likeness (QED) is 0.784. The van der Waals surface area contributed by atoms with Gasteiger partial charge in [0.2, 0.25) is 10.0 Å². The zero-order chi connectivity index (χ0) is 14.0. The Labute approximate surface area is 118 Å². The minimum Gasteiger partial charge on any atom is -0.360 e. The number of aromatic nitrogens is 1. The van der Waals surface area contributed by atoms with E-state index in [0.717, 1.165) is 25.7 Å². The highest BCUT2D eigenvalue weighted by atomic mass is 35.5. The van der Waals surface area contributed by atoms with Crippen LogP contribution in [0.5, 0.6) is 0 Å². The molecule has 0 bridgehead atoms. The van der Waals surface area contributed by atoms with Gasteiger partial charge in [0.05, 0.1) is 0 Å². The molecule has 108 valence electrons. The molecule has 2 rings (SSSR count). The first-order valence-electron chi connectivity index (χ1n) is 6.49. The van der Waals surface area contributed by atoms with Gasteiger partial charge in [0.15, 0.2) is 5.76 Å². The Morgan fingerprint density at radius 1 is 1.47 bits per heavy atom. The first-order valence-corrected chi connectivity index (χ1v) is 8.46. The Kier molecular flexibility index (Phi) is 4.53. The Balaban J connectivity index is 2.29. The fourth-order valence-corrected chi connectivity index (χ4v) is 4.86. The molecule has 1 aromatic heterocycles. The zero-order valence-electron chi connectivity index (χ0n) is 11.2. The molecule has 5 nitrogen and oxygen atoms in total. The molecule has 0 spiro atoms. The third kappa shape index (κ3) is 2.80. The van der Waals surface area contributed by atoms with Gasteiger partial charge in [-0.15, -0.1) is 11.6 Å². The molecule has 7 heteroatoms. The summed E-state index contributed by atoms with van der Waals surface area (Å²) in [7, 11) is -3.50. The van der Waals surface area contributed by atoms with Crippen molar-refractivity contribution in [3.63, 3.8) is 0 Å². The maximum atomic E-state index is 12.7. The van der Waals surface area contributed by atoms with Gasteiger partial charge in [-0.3, -0.25) is 0 Å². The predicted molar refractivity (Wildman–Crippen MR) is 72.8 cm³/mol. The number of halogens is 1. The van der Waals surface area contributed by atoms with Crippen LogP contribution < -0.4 is 0 Å². The summed E-state index contributed by atoms with van der Waals surface area (Å²) in [6, 6.07) is 0.0532. The lowest BCUT2D eigenvalue weighted by molar-refractivity contribution is 0.365. The van der Waals surface area contributed by atoms with Crippen molar-refractivity contribution in [2.24, 2.45) is 0 Å². The van der Waals surface area contributed by atoms with Gasteiger partial charge in [0.25, 0.3) is 0 Å². The molecule has 1 fully saturated rings. The van der Waals surface area contributed by atoms with E-state index in [-0.39, 0.29) is 10.9 Å². The molecule has 0 aliphatic carbocycles. The largest absolute Gasteiger partial charge is 0.360 e. The molecule has 0 N–H and O–H groups in total. The molecule has 0 aromatic carbocycles. The second kappa shape index (κ2) is 5.81. The Morgan fingerprint density at radius 2 is 2.21 bits per heavy atom. The molecule has 1 saturated heterocycles. The number of nitrogens with zero attached hydrogens (tertiary/aromatic N) is 2. The molecule has 0 radical (unpaired) electrons. The summed E-state index contributed by atoms with van der Waals surface area (Å²) in [5.74, 6) is 0.927. The van der Waals surface area contributed by atoms with Crippen LogP contribution in [0.2, 0.25) is 0 Å². The molecule has 1 aromatic rings. The van der Waals surface area contributed by atoms with E-state index in [1.807, 2.05) is 0 Å². The van der Waals surface area contributed by atoms with Crippen molar-refractivity contribution in [2.75, 3.05) is 12.4 Å². The van der Waals surface area contributed by atoms with Crippen molar-refractivity contribution < 1.29 is 12.9 Å². The second-order valence-corrected chi connectivity index (χ2v) is 7.10. The standard InChI is InChI=1S/C12H19ClN2O3S/c1-9-12(10(2)18-14-9)19(16,17)15-8-4-6-11(15)5-3-7-13/h11H,3-8H2,1-2H3. The van der Waals surface area contributed by atoms with Gasteiger partial charge >= 0.3 is 0 Å². The Hall–Kier alpha value is -0.590. The fraction of sp³-hybridized carbons (Fsp3) is 0.750. The summed E-state index contributed by atoms with van der Waals surface area (Å²) in [5.41, 5.74) is 0.431. The van der Waals surface area contributed by atoms with Crippen molar-refractivity contribution in [1.82, 2.24) is 9.46 Å². The smallest absolute Gasteiger partial charge is 0.248 e. The monoisotopic (exact) mass is 306 g/mol. The summed E-state index contributed by atoms with van der Waals surface area (Å²) >= 11 is 5.70. The van der Waals surface area contributed by atoms with Crippen molar-refractivity contribution in [2.45, 2.75) is 50.5 Å². The van der Waals surface area contributed by atoms with E-state index in [2.05, 4.69) is 5.16 Å². The van der Waals surface area contributed by atoms with Crippen LogP contribution in [0.15, 0.2) is 9.42 Å². The second-order valence-electron chi connectivity index (χ2n) is 4.90. The van der Waals surface area contributed by atoms with Crippen LogP contribution in [-0.2, 0) is 10.0 Å². The molecule has 19 heavy (non-hydrogen) atoms. The van der Waals surface area contributed by atoms with Crippen LogP contribution in [0, 0.1) is 13.8 Å². The predicted octanol–water partition coefficient (Wildman–Crippen LogP) is 2.46. The van der Waals surface area contributed by atoms with Gasteiger partial charge in [0.1, 0.15) is 10.6 Å². The summed E-state index contributed by atoms with van der Waals surface area (Å²) in [6.07, 6.45) is 3.45. The van der Waals surface area contributed by atoms with Crippen molar-refractivity contribution in [3.05, 3.63) is 11.5 Å². The lowest BCUT2D eigenvalue weighted by Crippen LogP contribution is -2.36. The van der Waals surface area contributed by atoms with Crippen LogP contribution in [-0.4, -0.2) is 36.3 Å². The number of rotatable bonds is 5. The zero-order valence-corrected chi connectivity index (χ0v) is 12.8. The SMILES string of the molecule is Cc1noc(C)c1S(=O)(=O)N1CCCC1CCCCl. The van der Waals surface area contributed by atoms with Crippen LogP contribution in [0.1, 0.15) is 37.1 Å². The molecule has 0 saturated carbocycles. The first kappa shape index (κ1) is 14.8. The molecule has 1 aliphatic heterocycles. The van der Waals surface area contributed by atoms with Crippen LogP contribution >= 0.6 is 11.6 Å². The van der Waals surface area contributed by atoms with E-state index < -0.39 is 10.0 Å². The highest BCUT2D eigenvalue weighted by molar-refractivity contribution is 7.89. The number of alkyl halides is 1. The normalized spacial score (nSPS) is 21.1. The van der Waals surface area contributed by atoms with Crippen molar-refractivity contribution in [3.8, 4) is 0 Å².